The lowest BCUT2D eigenvalue weighted by Crippen LogP contribution is -2.42. The van der Waals surface area contributed by atoms with Crippen molar-refractivity contribution in [2.75, 3.05) is 19.6 Å². The smallest absolute Gasteiger partial charge is 0.00509 e. The summed E-state index contributed by atoms with van der Waals surface area (Å²) < 4.78 is 0. The van der Waals surface area contributed by atoms with Crippen molar-refractivity contribution < 1.29 is 0 Å². The second-order valence-electron chi connectivity index (χ2n) is 4.14. The van der Waals surface area contributed by atoms with Crippen molar-refractivity contribution in [3.8, 4) is 0 Å². The van der Waals surface area contributed by atoms with Crippen LogP contribution in [0.2, 0.25) is 0 Å². The third kappa shape index (κ3) is 3.49. The van der Waals surface area contributed by atoms with Gasteiger partial charge >= 0.3 is 0 Å². The SMILES string of the molecule is C=CCCN1CCCC(C(C)N)C1. The summed E-state index contributed by atoms with van der Waals surface area (Å²) in [5.74, 6) is 0.707. The van der Waals surface area contributed by atoms with Crippen LogP contribution in [-0.2, 0) is 0 Å². The Balaban J connectivity index is 2.28. The van der Waals surface area contributed by atoms with Crippen LogP contribution in [0.4, 0.5) is 0 Å². The van der Waals surface area contributed by atoms with Crippen molar-refractivity contribution in [1.29, 1.82) is 0 Å². The van der Waals surface area contributed by atoms with E-state index in [2.05, 4.69) is 18.4 Å². The average Bonchev–Trinajstić information content (AvgIpc) is 2.15. The lowest BCUT2D eigenvalue weighted by atomic mass is 9.92. The Morgan fingerprint density at radius 2 is 2.46 bits per heavy atom. The van der Waals surface area contributed by atoms with E-state index in [9.17, 15) is 0 Å². The topological polar surface area (TPSA) is 29.3 Å². The first-order chi connectivity index (χ1) is 6.24. The molecule has 0 spiro atoms. The predicted octanol–water partition coefficient (Wildman–Crippen LogP) is 1.62. The fraction of sp³-hybridized carbons (Fsp3) is 0.818. The number of hydrogen-bond donors (Lipinski definition) is 1. The Labute approximate surface area is 81.8 Å². The van der Waals surface area contributed by atoms with Crippen LogP contribution < -0.4 is 5.73 Å². The van der Waals surface area contributed by atoms with Crippen LogP contribution in [0.15, 0.2) is 12.7 Å². The minimum Gasteiger partial charge on any atom is -0.328 e. The zero-order valence-electron chi connectivity index (χ0n) is 8.71. The molecule has 2 heteroatoms. The van der Waals surface area contributed by atoms with Crippen molar-refractivity contribution in [3.05, 3.63) is 12.7 Å². The molecule has 1 rings (SSSR count). The van der Waals surface area contributed by atoms with Gasteiger partial charge in [-0.05, 0) is 38.6 Å². The van der Waals surface area contributed by atoms with Crippen LogP contribution in [0, 0.1) is 5.92 Å². The van der Waals surface area contributed by atoms with Crippen LogP contribution in [-0.4, -0.2) is 30.6 Å². The number of likely N-dealkylation sites (tertiary alicyclic amines) is 1. The monoisotopic (exact) mass is 182 g/mol. The predicted molar refractivity (Wildman–Crippen MR) is 57.6 cm³/mol. The van der Waals surface area contributed by atoms with E-state index < -0.39 is 0 Å². The van der Waals surface area contributed by atoms with Gasteiger partial charge in [0.25, 0.3) is 0 Å². The second-order valence-corrected chi connectivity index (χ2v) is 4.14. The number of nitrogens with zero attached hydrogens (tertiary/aromatic N) is 1. The molecule has 0 aromatic rings. The molecule has 1 fully saturated rings. The Morgan fingerprint density at radius 1 is 1.69 bits per heavy atom. The van der Waals surface area contributed by atoms with Crippen LogP contribution >= 0.6 is 0 Å². The zero-order valence-corrected chi connectivity index (χ0v) is 8.71. The molecular weight excluding hydrogens is 160 g/mol. The molecule has 0 aromatic heterocycles. The highest BCUT2D eigenvalue weighted by Gasteiger charge is 2.21. The number of piperidine rings is 1. The van der Waals surface area contributed by atoms with E-state index in [1.807, 2.05) is 6.08 Å². The maximum Gasteiger partial charge on any atom is 0.00509 e. The maximum absolute atomic E-state index is 5.91. The summed E-state index contributed by atoms with van der Waals surface area (Å²) in [7, 11) is 0. The fourth-order valence-corrected chi connectivity index (χ4v) is 2.00. The maximum atomic E-state index is 5.91. The molecule has 0 bridgehead atoms. The summed E-state index contributed by atoms with van der Waals surface area (Å²) in [4.78, 5) is 2.51. The third-order valence-electron chi connectivity index (χ3n) is 2.93. The minimum atomic E-state index is 0.353. The highest BCUT2D eigenvalue weighted by Crippen LogP contribution is 2.18. The van der Waals surface area contributed by atoms with Gasteiger partial charge in [-0.1, -0.05) is 6.08 Å². The van der Waals surface area contributed by atoms with Crippen LogP contribution in [0.1, 0.15) is 26.2 Å². The van der Waals surface area contributed by atoms with E-state index in [0.29, 0.717) is 12.0 Å². The molecule has 1 saturated heterocycles. The second kappa shape index (κ2) is 5.40. The summed E-state index contributed by atoms with van der Waals surface area (Å²) in [6.45, 7) is 9.47. The third-order valence-corrected chi connectivity index (χ3v) is 2.93. The molecule has 1 aliphatic heterocycles. The van der Waals surface area contributed by atoms with Gasteiger partial charge in [0.2, 0.25) is 0 Å². The Kier molecular flexibility index (Phi) is 4.46. The molecule has 13 heavy (non-hydrogen) atoms. The zero-order chi connectivity index (χ0) is 9.68. The van der Waals surface area contributed by atoms with Gasteiger partial charge in [0, 0.05) is 19.1 Å². The van der Waals surface area contributed by atoms with Crippen molar-refractivity contribution in [2.45, 2.75) is 32.2 Å². The number of nitrogens with two attached hydrogens (primary N) is 1. The van der Waals surface area contributed by atoms with E-state index in [4.69, 9.17) is 5.73 Å². The van der Waals surface area contributed by atoms with Gasteiger partial charge in [-0.2, -0.15) is 0 Å². The molecule has 0 amide bonds. The minimum absolute atomic E-state index is 0.353. The van der Waals surface area contributed by atoms with Crippen LogP contribution in [0.3, 0.4) is 0 Å². The van der Waals surface area contributed by atoms with Crippen molar-refractivity contribution in [3.63, 3.8) is 0 Å². The number of rotatable bonds is 4. The lowest BCUT2D eigenvalue weighted by molar-refractivity contribution is 0.163. The molecule has 0 saturated carbocycles. The quantitative estimate of drug-likeness (QED) is 0.669. The standard InChI is InChI=1S/C11H22N2/c1-3-4-7-13-8-5-6-11(9-13)10(2)12/h3,10-11H,1,4-9,12H2,2H3. The molecule has 1 aliphatic rings. The van der Waals surface area contributed by atoms with Gasteiger partial charge < -0.3 is 10.6 Å². The largest absolute Gasteiger partial charge is 0.328 e. The van der Waals surface area contributed by atoms with Gasteiger partial charge in [-0.3, -0.25) is 0 Å². The Hall–Kier alpha value is -0.340. The van der Waals surface area contributed by atoms with Crippen molar-refractivity contribution in [2.24, 2.45) is 11.7 Å². The van der Waals surface area contributed by atoms with Gasteiger partial charge in [0.15, 0.2) is 0 Å². The van der Waals surface area contributed by atoms with Gasteiger partial charge in [-0.25, -0.2) is 0 Å². The molecule has 2 N–H and O–H groups in total. The van der Waals surface area contributed by atoms with Crippen LogP contribution in [0.25, 0.3) is 0 Å². The van der Waals surface area contributed by atoms with Crippen molar-refractivity contribution in [1.82, 2.24) is 4.90 Å². The van der Waals surface area contributed by atoms with E-state index in [0.717, 1.165) is 13.0 Å². The summed E-state index contributed by atoms with van der Waals surface area (Å²) in [6, 6.07) is 0.353. The molecule has 0 aliphatic carbocycles. The van der Waals surface area contributed by atoms with Gasteiger partial charge in [0.05, 0.1) is 0 Å². The van der Waals surface area contributed by atoms with E-state index in [-0.39, 0.29) is 0 Å². The summed E-state index contributed by atoms with van der Waals surface area (Å²) in [6.07, 6.45) is 5.72. The summed E-state index contributed by atoms with van der Waals surface area (Å²) in [5.41, 5.74) is 5.91. The fourth-order valence-electron chi connectivity index (χ4n) is 2.00. The van der Waals surface area contributed by atoms with Crippen LogP contribution in [0.5, 0.6) is 0 Å². The first kappa shape index (κ1) is 10.7. The first-order valence-electron chi connectivity index (χ1n) is 5.33. The molecule has 1 heterocycles. The Bertz CT molecular complexity index is 154. The molecular formula is C11H22N2. The molecule has 2 unspecified atom stereocenters. The van der Waals surface area contributed by atoms with Crippen molar-refractivity contribution >= 4 is 0 Å². The highest BCUT2D eigenvalue weighted by molar-refractivity contribution is 4.79. The summed E-state index contributed by atoms with van der Waals surface area (Å²) in [5, 5.41) is 0. The molecule has 76 valence electrons. The molecule has 0 radical (unpaired) electrons. The highest BCUT2D eigenvalue weighted by atomic mass is 15.1. The van der Waals surface area contributed by atoms with Gasteiger partial charge in [-0.15, -0.1) is 6.58 Å². The lowest BCUT2D eigenvalue weighted by Gasteiger charge is -2.34. The van der Waals surface area contributed by atoms with Gasteiger partial charge in [0.1, 0.15) is 0 Å². The van der Waals surface area contributed by atoms with E-state index in [1.54, 1.807) is 0 Å². The number of hydrogen-bond acceptors (Lipinski definition) is 2. The normalized spacial score (nSPS) is 27.1. The molecule has 0 aromatic carbocycles. The van der Waals surface area contributed by atoms with E-state index >= 15 is 0 Å². The molecule has 2 atom stereocenters. The molecule has 2 nitrogen and oxygen atoms in total. The Morgan fingerprint density at radius 3 is 3.08 bits per heavy atom. The summed E-state index contributed by atoms with van der Waals surface area (Å²) >= 11 is 0. The van der Waals surface area contributed by atoms with E-state index in [1.165, 1.54) is 25.9 Å². The average molecular weight is 182 g/mol. The first-order valence-corrected chi connectivity index (χ1v) is 5.33.